The molecule has 0 spiro atoms. The highest BCUT2D eigenvalue weighted by atomic mass is 35.5. The number of anilines is 2. The van der Waals surface area contributed by atoms with E-state index in [1.807, 2.05) is 31.2 Å². The Morgan fingerprint density at radius 1 is 1.15 bits per heavy atom. The second-order valence-electron chi connectivity index (χ2n) is 8.58. The van der Waals surface area contributed by atoms with Crippen LogP contribution in [0.25, 0.3) is 0 Å². The van der Waals surface area contributed by atoms with Crippen LogP contribution in [0.4, 0.5) is 10.7 Å². The molecule has 1 aliphatic carbocycles. The number of aryl methyl sites for hydroxylation is 1. The van der Waals surface area contributed by atoms with Gasteiger partial charge >= 0.3 is 0 Å². The molecule has 3 aromatic rings. The molecule has 33 heavy (non-hydrogen) atoms. The Balaban J connectivity index is 1.57. The molecule has 4 rings (SSSR count). The lowest BCUT2D eigenvalue weighted by atomic mass is 9.88. The number of hydrogen-bond donors (Lipinski definition) is 2. The van der Waals surface area contributed by atoms with Crippen molar-refractivity contribution in [1.29, 1.82) is 0 Å². The zero-order valence-electron chi connectivity index (χ0n) is 18.9. The third kappa shape index (κ3) is 5.57. The monoisotopic (exact) mass is 482 g/mol. The number of benzene rings is 2. The second-order valence-corrected chi connectivity index (χ2v) is 10.1. The highest BCUT2D eigenvalue weighted by Gasteiger charge is 2.29. The van der Waals surface area contributed by atoms with Crippen molar-refractivity contribution in [2.24, 2.45) is 5.92 Å². The largest absolute Gasteiger partial charge is 0.481 e. The first-order valence-corrected chi connectivity index (χ1v) is 12.2. The van der Waals surface area contributed by atoms with Gasteiger partial charge in [0.2, 0.25) is 0 Å². The molecule has 0 unspecified atom stereocenters. The van der Waals surface area contributed by atoms with Crippen LogP contribution in [-0.4, -0.2) is 17.9 Å². The summed E-state index contributed by atoms with van der Waals surface area (Å²) in [7, 11) is 0. The van der Waals surface area contributed by atoms with Crippen LogP contribution in [0.15, 0.2) is 48.5 Å². The summed E-state index contributed by atoms with van der Waals surface area (Å²) < 4.78 is 5.76. The average molecular weight is 483 g/mol. The quantitative estimate of drug-likeness (QED) is 0.421. The van der Waals surface area contributed by atoms with E-state index in [1.165, 1.54) is 16.2 Å². The van der Waals surface area contributed by atoms with Crippen molar-refractivity contribution in [2.45, 2.75) is 46.1 Å². The Labute approximate surface area is 203 Å². The van der Waals surface area contributed by atoms with Crippen molar-refractivity contribution in [3.05, 3.63) is 75.1 Å². The lowest BCUT2D eigenvalue weighted by Crippen LogP contribution is -2.30. The molecular weight excluding hydrogens is 456 g/mol. The number of ether oxygens (including phenoxy) is 1. The van der Waals surface area contributed by atoms with E-state index in [0.717, 1.165) is 36.1 Å². The predicted octanol–water partition coefficient (Wildman–Crippen LogP) is 6.49. The molecule has 7 heteroatoms. The standard InChI is InChI=1S/C26H27ClN2O3S/c1-15-7-10-19(11-8-15)28-25(31)23-21-12-9-16(2)13-22(21)33-26(23)29-24(30)17(3)32-20-6-4-5-18(27)14-20/h4-8,10-11,14,16-17H,9,12-13H2,1-3H3,(H,28,31)(H,29,30)/t16-,17-/m0/s1. The number of hydrogen-bond acceptors (Lipinski definition) is 4. The summed E-state index contributed by atoms with van der Waals surface area (Å²) in [6.07, 6.45) is 2.01. The van der Waals surface area contributed by atoms with Crippen LogP contribution in [0.1, 0.15) is 46.6 Å². The molecule has 0 saturated heterocycles. The molecular formula is C26H27ClN2O3S. The van der Waals surface area contributed by atoms with Gasteiger partial charge in [0.1, 0.15) is 10.8 Å². The highest BCUT2D eigenvalue weighted by molar-refractivity contribution is 7.17. The van der Waals surface area contributed by atoms with Gasteiger partial charge in [-0.25, -0.2) is 0 Å². The van der Waals surface area contributed by atoms with Crippen molar-refractivity contribution in [1.82, 2.24) is 0 Å². The van der Waals surface area contributed by atoms with Crippen LogP contribution in [0, 0.1) is 12.8 Å². The van der Waals surface area contributed by atoms with Gasteiger partial charge in [-0.1, -0.05) is 42.3 Å². The topological polar surface area (TPSA) is 67.4 Å². The maximum atomic E-state index is 13.3. The van der Waals surface area contributed by atoms with E-state index in [4.69, 9.17) is 16.3 Å². The fraction of sp³-hybridized carbons (Fsp3) is 0.308. The van der Waals surface area contributed by atoms with Gasteiger partial charge in [-0.05, 0) is 74.9 Å². The SMILES string of the molecule is Cc1ccc(NC(=O)c2c(NC(=O)[C@H](C)Oc3cccc(Cl)c3)sc3c2CC[C@H](C)C3)cc1. The molecule has 1 aliphatic rings. The van der Waals surface area contributed by atoms with Crippen LogP contribution in [0.5, 0.6) is 5.75 Å². The van der Waals surface area contributed by atoms with Crippen LogP contribution < -0.4 is 15.4 Å². The molecule has 0 aliphatic heterocycles. The first kappa shape index (κ1) is 23.3. The van der Waals surface area contributed by atoms with Gasteiger partial charge in [0, 0.05) is 15.6 Å². The van der Waals surface area contributed by atoms with Crippen molar-refractivity contribution >= 4 is 45.4 Å². The Kier molecular flexibility index (Phi) is 7.05. The van der Waals surface area contributed by atoms with E-state index < -0.39 is 6.10 Å². The van der Waals surface area contributed by atoms with Gasteiger partial charge in [0.05, 0.1) is 5.56 Å². The molecule has 0 bridgehead atoms. The van der Waals surface area contributed by atoms with Gasteiger partial charge in [-0.15, -0.1) is 11.3 Å². The average Bonchev–Trinajstić information content (AvgIpc) is 3.12. The van der Waals surface area contributed by atoms with E-state index in [1.54, 1.807) is 31.2 Å². The smallest absolute Gasteiger partial charge is 0.265 e. The zero-order valence-corrected chi connectivity index (χ0v) is 20.5. The van der Waals surface area contributed by atoms with Crippen molar-refractivity contribution in [3.8, 4) is 5.75 Å². The molecule has 2 aromatic carbocycles. The summed E-state index contributed by atoms with van der Waals surface area (Å²) in [6.45, 7) is 5.90. The van der Waals surface area contributed by atoms with Gasteiger partial charge < -0.3 is 15.4 Å². The van der Waals surface area contributed by atoms with Crippen molar-refractivity contribution in [3.63, 3.8) is 0 Å². The van der Waals surface area contributed by atoms with E-state index >= 15 is 0 Å². The summed E-state index contributed by atoms with van der Waals surface area (Å²) >= 11 is 7.51. The maximum Gasteiger partial charge on any atom is 0.265 e. The van der Waals surface area contributed by atoms with E-state index in [-0.39, 0.29) is 11.8 Å². The molecule has 5 nitrogen and oxygen atoms in total. The van der Waals surface area contributed by atoms with Crippen molar-refractivity contribution < 1.29 is 14.3 Å². The fourth-order valence-corrected chi connectivity index (χ4v) is 5.51. The van der Waals surface area contributed by atoms with E-state index in [0.29, 0.717) is 27.3 Å². The molecule has 0 radical (unpaired) electrons. The molecule has 1 aromatic heterocycles. The number of thiophene rings is 1. The number of carbonyl (C=O) groups excluding carboxylic acids is 2. The third-order valence-corrected chi connectivity index (χ3v) is 7.17. The second kappa shape index (κ2) is 9.98. The van der Waals surface area contributed by atoms with Crippen LogP contribution >= 0.6 is 22.9 Å². The molecule has 2 N–H and O–H groups in total. The van der Waals surface area contributed by atoms with Gasteiger partial charge in [-0.3, -0.25) is 9.59 Å². The normalized spacial score (nSPS) is 15.9. The minimum Gasteiger partial charge on any atom is -0.481 e. The first-order chi connectivity index (χ1) is 15.8. The summed E-state index contributed by atoms with van der Waals surface area (Å²) in [4.78, 5) is 27.4. The fourth-order valence-electron chi connectivity index (χ4n) is 3.92. The summed E-state index contributed by atoms with van der Waals surface area (Å²) in [5.74, 6) is 0.551. The molecule has 2 amide bonds. The van der Waals surface area contributed by atoms with Gasteiger partial charge in [-0.2, -0.15) is 0 Å². The van der Waals surface area contributed by atoms with Crippen LogP contribution in [0.3, 0.4) is 0 Å². The van der Waals surface area contributed by atoms with Crippen LogP contribution in [-0.2, 0) is 17.6 Å². The van der Waals surface area contributed by atoms with Gasteiger partial charge in [0.15, 0.2) is 6.10 Å². The maximum absolute atomic E-state index is 13.3. The number of rotatable bonds is 6. The minimum absolute atomic E-state index is 0.204. The molecule has 0 fully saturated rings. The predicted molar refractivity (Wildman–Crippen MR) is 135 cm³/mol. The minimum atomic E-state index is -0.755. The molecule has 2 atom stereocenters. The number of amides is 2. The lowest BCUT2D eigenvalue weighted by Gasteiger charge is -2.19. The number of nitrogens with one attached hydrogen (secondary N) is 2. The molecule has 0 saturated carbocycles. The summed E-state index contributed by atoms with van der Waals surface area (Å²) in [5, 5.41) is 7.06. The Bertz CT molecular complexity index is 1170. The molecule has 172 valence electrons. The Hall–Kier alpha value is -2.83. The number of carbonyl (C=O) groups is 2. The third-order valence-electron chi connectivity index (χ3n) is 5.76. The molecule has 1 heterocycles. The highest BCUT2D eigenvalue weighted by Crippen LogP contribution is 2.40. The van der Waals surface area contributed by atoms with Crippen LogP contribution in [0.2, 0.25) is 5.02 Å². The number of fused-ring (bicyclic) bond motifs is 1. The number of halogens is 1. The Morgan fingerprint density at radius 3 is 2.64 bits per heavy atom. The zero-order chi connectivity index (χ0) is 23.5. The summed E-state index contributed by atoms with van der Waals surface area (Å²) in [5.41, 5.74) is 3.45. The van der Waals surface area contributed by atoms with Gasteiger partial charge in [0.25, 0.3) is 11.8 Å². The van der Waals surface area contributed by atoms with E-state index in [9.17, 15) is 9.59 Å². The van der Waals surface area contributed by atoms with E-state index in [2.05, 4.69) is 17.6 Å². The summed E-state index contributed by atoms with van der Waals surface area (Å²) in [6, 6.07) is 14.6. The first-order valence-electron chi connectivity index (χ1n) is 11.1. The Morgan fingerprint density at radius 2 is 1.91 bits per heavy atom. The lowest BCUT2D eigenvalue weighted by molar-refractivity contribution is -0.122. The van der Waals surface area contributed by atoms with Crippen molar-refractivity contribution in [2.75, 3.05) is 10.6 Å².